The lowest BCUT2D eigenvalue weighted by Gasteiger charge is -2.18. The van der Waals surface area contributed by atoms with E-state index in [4.69, 9.17) is 10.3 Å². The number of aliphatic carboxylic acids is 1. The molecule has 0 bridgehead atoms. The lowest BCUT2D eigenvalue weighted by Crippen LogP contribution is -2.37. The first-order chi connectivity index (χ1) is 7.15. The maximum absolute atomic E-state index is 11.0. The Morgan fingerprint density at radius 1 is 1.40 bits per heavy atom. The van der Waals surface area contributed by atoms with E-state index < -0.39 is 17.9 Å². The van der Waals surface area contributed by atoms with Crippen LogP contribution in [0.4, 0.5) is 0 Å². The Morgan fingerprint density at radius 2 is 2.00 bits per heavy atom. The molecule has 0 saturated heterocycles. The number of carboxylic acid groups (broad SMARTS) is 1. The van der Waals surface area contributed by atoms with Gasteiger partial charge in [0, 0.05) is 6.04 Å². The van der Waals surface area contributed by atoms with E-state index in [1.165, 1.54) is 0 Å². The fourth-order valence-electron chi connectivity index (χ4n) is 1.44. The third kappa shape index (κ3) is 3.34. The molecule has 0 aliphatic rings. The first-order valence-electron chi connectivity index (χ1n) is 4.81. The number of nitrogens with one attached hydrogen (secondary N) is 1. The summed E-state index contributed by atoms with van der Waals surface area (Å²) in [5, 5.41) is 17.7. The summed E-state index contributed by atoms with van der Waals surface area (Å²) in [5.74, 6) is -1.54. The monoisotopic (exact) mass is 209 g/mol. The fraction of sp³-hybridized carbons (Fsp3) is 0.364. The van der Waals surface area contributed by atoms with Crippen LogP contribution in [-0.4, -0.2) is 22.3 Å². The van der Waals surface area contributed by atoms with Crippen LogP contribution in [0.15, 0.2) is 30.3 Å². The van der Waals surface area contributed by atoms with Gasteiger partial charge in [-0.3, -0.25) is 4.79 Å². The molecule has 1 rings (SSSR count). The molecule has 0 aromatic heterocycles. The normalized spacial score (nSPS) is 14.5. The number of hydrogen-bond acceptors (Lipinski definition) is 3. The zero-order valence-electron chi connectivity index (χ0n) is 8.55. The summed E-state index contributed by atoms with van der Waals surface area (Å²) in [6.45, 7) is 1.64. The van der Waals surface area contributed by atoms with Gasteiger partial charge in [0.2, 0.25) is 0 Å². The smallest absolute Gasteiger partial charge is 0.308 e. The van der Waals surface area contributed by atoms with E-state index in [0.717, 1.165) is 5.56 Å². The number of rotatable bonds is 5. The van der Waals surface area contributed by atoms with E-state index in [1.807, 2.05) is 35.8 Å². The van der Waals surface area contributed by atoms with Gasteiger partial charge in [-0.2, -0.15) is 0 Å². The maximum atomic E-state index is 11.0. The molecule has 0 saturated carbocycles. The molecule has 2 atom stereocenters. The first-order valence-corrected chi connectivity index (χ1v) is 4.81. The summed E-state index contributed by atoms with van der Waals surface area (Å²) in [6.07, 6.45) is 0.408. The van der Waals surface area contributed by atoms with Crippen LogP contribution in [0.5, 0.6) is 0 Å². The number of hydrogen-bond donors (Lipinski definition) is 3. The van der Waals surface area contributed by atoms with Crippen molar-refractivity contribution in [1.82, 2.24) is 5.48 Å². The number of hydroxylamine groups is 1. The highest BCUT2D eigenvalue weighted by Gasteiger charge is 2.24. The molecule has 3 N–H and O–H groups in total. The van der Waals surface area contributed by atoms with Gasteiger partial charge >= 0.3 is 5.97 Å². The van der Waals surface area contributed by atoms with Crippen molar-refractivity contribution in [3.63, 3.8) is 0 Å². The van der Waals surface area contributed by atoms with Crippen LogP contribution >= 0.6 is 0 Å². The molecule has 4 heteroatoms. The fourth-order valence-corrected chi connectivity index (χ4v) is 1.44. The van der Waals surface area contributed by atoms with E-state index in [1.54, 1.807) is 6.92 Å². The Morgan fingerprint density at radius 3 is 2.47 bits per heavy atom. The van der Waals surface area contributed by atoms with Gasteiger partial charge in [-0.1, -0.05) is 30.3 Å². The van der Waals surface area contributed by atoms with Crippen molar-refractivity contribution in [3.8, 4) is 0 Å². The summed E-state index contributed by atoms with van der Waals surface area (Å²) < 4.78 is 0. The maximum Gasteiger partial charge on any atom is 0.308 e. The van der Waals surface area contributed by atoms with Gasteiger partial charge in [0.1, 0.15) is 0 Å². The summed E-state index contributed by atoms with van der Waals surface area (Å²) in [6, 6.07) is 8.89. The molecular weight excluding hydrogens is 194 g/mol. The van der Waals surface area contributed by atoms with Gasteiger partial charge in [0.05, 0.1) is 5.92 Å². The quantitative estimate of drug-likeness (QED) is 0.639. The Hall–Kier alpha value is -1.39. The van der Waals surface area contributed by atoms with Gasteiger partial charge in [-0.25, -0.2) is 5.48 Å². The van der Waals surface area contributed by atoms with Crippen molar-refractivity contribution in [2.24, 2.45) is 5.92 Å². The predicted molar refractivity (Wildman–Crippen MR) is 55.7 cm³/mol. The van der Waals surface area contributed by atoms with E-state index >= 15 is 0 Å². The number of benzene rings is 1. The third-order valence-corrected chi connectivity index (χ3v) is 2.42. The molecule has 0 aliphatic heterocycles. The van der Waals surface area contributed by atoms with E-state index in [9.17, 15) is 4.79 Å². The molecule has 1 aromatic carbocycles. The molecule has 2 unspecified atom stereocenters. The second-order valence-electron chi connectivity index (χ2n) is 3.55. The molecule has 0 amide bonds. The molecule has 82 valence electrons. The number of carboxylic acids is 1. The van der Waals surface area contributed by atoms with Crippen LogP contribution in [0.25, 0.3) is 0 Å². The largest absolute Gasteiger partial charge is 0.481 e. The highest BCUT2D eigenvalue weighted by Crippen LogP contribution is 2.12. The van der Waals surface area contributed by atoms with Crippen molar-refractivity contribution in [3.05, 3.63) is 35.9 Å². The van der Waals surface area contributed by atoms with Gasteiger partial charge < -0.3 is 10.3 Å². The van der Waals surface area contributed by atoms with E-state index in [2.05, 4.69) is 0 Å². The minimum atomic E-state index is -0.909. The third-order valence-electron chi connectivity index (χ3n) is 2.42. The Kier molecular flexibility index (Phi) is 4.27. The van der Waals surface area contributed by atoms with Crippen molar-refractivity contribution in [1.29, 1.82) is 0 Å². The number of carbonyl (C=O) groups is 1. The van der Waals surface area contributed by atoms with Gasteiger partial charge in [0.15, 0.2) is 0 Å². The van der Waals surface area contributed by atoms with Gasteiger partial charge in [-0.05, 0) is 18.9 Å². The standard InChI is InChI=1S/C11H15NO3/c1-8(12-15)10(11(13)14)7-9-5-3-2-4-6-9/h2-6,8,10,12,15H,7H2,1H3,(H,13,14). The highest BCUT2D eigenvalue weighted by atomic mass is 16.5. The molecule has 0 spiro atoms. The minimum absolute atomic E-state index is 0.408. The highest BCUT2D eigenvalue weighted by molar-refractivity contribution is 5.71. The van der Waals surface area contributed by atoms with Crippen molar-refractivity contribution < 1.29 is 15.1 Å². The van der Waals surface area contributed by atoms with Gasteiger partial charge in [-0.15, -0.1) is 0 Å². The lowest BCUT2D eigenvalue weighted by molar-refractivity contribution is -0.143. The van der Waals surface area contributed by atoms with Crippen LogP contribution in [0.1, 0.15) is 12.5 Å². The van der Waals surface area contributed by atoms with Crippen LogP contribution in [0, 0.1) is 5.92 Å². The van der Waals surface area contributed by atoms with E-state index in [-0.39, 0.29) is 0 Å². The molecular formula is C11H15NO3. The molecule has 0 fully saturated rings. The predicted octanol–water partition coefficient (Wildman–Crippen LogP) is 1.30. The minimum Gasteiger partial charge on any atom is -0.481 e. The second-order valence-corrected chi connectivity index (χ2v) is 3.55. The molecule has 0 aliphatic carbocycles. The van der Waals surface area contributed by atoms with Crippen molar-refractivity contribution >= 4 is 5.97 Å². The second kappa shape index (κ2) is 5.48. The SMILES string of the molecule is CC(NO)C(Cc1ccccc1)C(=O)O. The zero-order valence-corrected chi connectivity index (χ0v) is 8.55. The summed E-state index contributed by atoms with van der Waals surface area (Å²) in [7, 11) is 0. The zero-order chi connectivity index (χ0) is 11.3. The Balaban J connectivity index is 2.71. The molecule has 4 nitrogen and oxygen atoms in total. The van der Waals surface area contributed by atoms with Crippen LogP contribution in [-0.2, 0) is 11.2 Å². The van der Waals surface area contributed by atoms with Crippen LogP contribution in [0.3, 0.4) is 0 Å². The molecule has 1 aromatic rings. The average molecular weight is 209 g/mol. The molecule has 0 radical (unpaired) electrons. The van der Waals surface area contributed by atoms with Crippen LogP contribution < -0.4 is 5.48 Å². The van der Waals surface area contributed by atoms with Crippen molar-refractivity contribution in [2.75, 3.05) is 0 Å². The average Bonchev–Trinajstić information content (AvgIpc) is 2.26. The lowest BCUT2D eigenvalue weighted by atomic mass is 9.94. The van der Waals surface area contributed by atoms with E-state index in [0.29, 0.717) is 6.42 Å². The van der Waals surface area contributed by atoms with Crippen molar-refractivity contribution in [2.45, 2.75) is 19.4 Å². The topological polar surface area (TPSA) is 69.6 Å². The first kappa shape index (κ1) is 11.7. The summed E-state index contributed by atoms with van der Waals surface area (Å²) in [4.78, 5) is 11.0. The molecule has 0 heterocycles. The van der Waals surface area contributed by atoms with Gasteiger partial charge in [0.25, 0.3) is 0 Å². The Labute approximate surface area is 88.5 Å². The van der Waals surface area contributed by atoms with Crippen LogP contribution in [0.2, 0.25) is 0 Å². The molecule has 15 heavy (non-hydrogen) atoms. The Bertz CT molecular complexity index is 313. The summed E-state index contributed by atoms with van der Waals surface area (Å²) in [5.41, 5.74) is 2.94. The summed E-state index contributed by atoms with van der Waals surface area (Å²) >= 11 is 0.